The van der Waals surface area contributed by atoms with Crippen LogP contribution in [-0.4, -0.2) is 28.7 Å². The van der Waals surface area contributed by atoms with Gasteiger partial charge in [0.1, 0.15) is 0 Å². The fourth-order valence-electron chi connectivity index (χ4n) is 3.14. The maximum atomic E-state index is 6.12. The third-order valence-electron chi connectivity index (χ3n) is 4.22. The highest BCUT2D eigenvalue weighted by molar-refractivity contribution is 7.99. The Morgan fingerprint density at radius 1 is 1.39 bits per heavy atom. The van der Waals surface area contributed by atoms with Crippen LogP contribution < -0.4 is 5.73 Å². The standard InChI is InChI=1S/C14H20N2OS/c15-13-1-5-16-10-12(13)11-2-6-17-14(9-11)3-7-18-8-4-14/h1,5,10-11H,2-4,6-9H2,(H2,15,16). The molecule has 1 aromatic rings. The Labute approximate surface area is 113 Å². The Balaban J connectivity index is 1.80. The molecular weight excluding hydrogens is 244 g/mol. The largest absolute Gasteiger partial charge is 0.398 e. The second-order valence-electron chi connectivity index (χ2n) is 5.34. The predicted molar refractivity (Wildman–Crippen MR) is 75.9 cm³/mol. The number of pyridine rings is 1. The van der Waals surface area contributed by atoms with Crippen LogP contribution in [0.1, 0.15) is 37.2 Å². The summed E-state index contributed by atoms with van der Waals surface area (Å²) in [7, 11) is 0. The minimum Gasteiger partial charge on any atom is -0.398 e. The Hall–Kier alpha value is -0.740. The van der Waals surface area contributed by atoms with E-state index >= 15 is 0 Å². The first-order valence-corrected chi connectivity index (χ1v) is 7.86. The van der Waals surface area contributed by atoms with Gasteiger partial charge in [0.15, 0.2) is 0 Å². The number of hydrogen-bond acceptors (Lipinski definition) is 4. The van der Waals surface area contributed by atoms with Gasteiger partial charge in [-0.3, -0.25) is 4.98 Å². The molecule has 0 aliphatic carbocycles. The van der Waals surface area contributed by atoms with Gasteiger partial charge in [-0.1, -0.05) is 0 Å². The minimum atomic E-state index is 0.121. The first-order chi connectivity index (χ1) is 8.79. The highest BCUT2D eigenvalue weighted by Gasteiger charge is 2.39. The fraction of sp³-hybridized carbons (Fsp3) is 0.643. The molecule has 98 valence electrons. The zero-order valence-electron chi connectivity index (χ0n) is 10.6. The van der Waals surface area contributed by atoms with E-state index in [4.69, 9.17) is 10.5 Å². The van der Waals surface area contributed by atoms with E-state index in [-0.39, 0.29) is 5.60 Å². The molecular formula is C14H20N2OS. The molecule has 2 N–H and O–H groups in total. The van der Waals surface area contributed by atoms with Crippen molar-refractivity contribution in [3.05, 3.63) is 24.0 Å². The van der Waals surface area contributed by atoms with E-state index < -0.39 is 0 Å². The van der Waals surface area contributed by atoms with Gasteiger partial charge in [-0.15, -0.1) is 0 Å². The molecule has 2 saturated heterocycles. The third kappa shape index (κ3) is 2.36. The fourth-order valence-corrected chi connectivity index (χ4v) is 4.38. The maximum absolute atomic E-state index is 6.12. The molecule has 1 unspecified atom stereocenters. The van der Waals surface area contributed by atoms with Crippen LogP contribution in [-0.2, 0) is 4.74 Å². The van der Waals surface area contributed by atoms with Gasteiger partial charge in [0.05, 0.1) is 5.60 Å². The summed E-state index contributed by atoms with van der Waals surface area (Å²) in [6.07, 6.45) is 8.28. The normalized spacial score (nSPS) is 27.2. The van der Waals surface area contributed by atoms with E-state index in [1.807, 2.05) is 24.0 Å². The lowest BCUT2D eigenvalue weighted by Crippen LogP contribution is -2.42. The lowest BCUT2D eigenvalue weighted by molar-refractivity contribution is -0.0901. The number of hydrogen-bond donors (Lipinski definition) is 1. The quantitative estimate of drug-likeness (QED) is 0.847. The summed E-state index contributed by atoms with van der Waals surface area (Å²) in [6, 6.07) is 1.91. The van der Waals surface area contributed by atoms with Crippen molar-refractivity contribution in [1.82, 2.24) is 4.98 Å². The first kappa shape index (κ1) is 12.3. The molecule has 1 spiro atoms. The van der Waals surface area contributed by atoms with Gasteiger partial charge in [0.2, 0.25) is 0 Å². The summed E-state index contributed by atoms with van der Waals surface area (Å²) in [5.41, 5.74) is 8.31. The van der Waals surface area contributed by atoms with E-state index in [1.165, 1.54) is 29.9 Å². The molecule has 0 amide bonds. The van der Waals surface area contributed by atoms with Gasteiger partial charge in [0, 0.05) is 24.7 Å². The van der Waals surface area contributed by atoms with Crippen LogP contribution in [0.5, 0.6) is 0 Å². The Morgan fingerprint density at radius 2 is 2.22 bits per heavy atom. The van der Waals surface area contributed by atoms with Crippen LogP contribution in [0.15, 0.2) is 18.5 Å². The molecule has 1 aromatic heterocycles. The number of aromatic nitrogens is 1. The molecule has 2 fully saturated rings. The predicted octanol–water partition coefficient (Wildman–Crippen LogP) is 2.82. The highest BCUT2D eigenvalue weighted by Crippen LogP contribution is 2.44. The Morgan fingerprint density at radius 3 is 3.00 bits per heavy atom. The van der Waals surface area contributed by atoms with Crippen molar-refractivity contribution in [3.8, 4) is 0 Å². The van der Waals surface area contributed by atoms with Gasteiger partial charge in [-0.05, 0) is 54.7 Å². The summed E-state index contributed by atoms with van der Waals surface area (Å²) >= 11 is 2.05. The lowest BCUT2D eigenvalue weighted by Gasteiger charge is -2.43. The summed E-state index contributed by atoms with van der Waals surface area (Å²) in [5, 5.41) is 0. The van der Waals surface area contributed by atoms with Crippen LogP contribution >= 0.6 is 11.8 Å². The second kappa shape index (κ2) is 5.10. The zero-order valence-corrected chi connectivity index (χ0v) is 11.4. The zero-order chi connectivity index (χ0) is 12.4. The average Bonchev–Trinajstić information content (AvgIpc) is 2.40. The number of rotatable bonds is 1. The van der Waals surface area contributed by atoms with E-state index in [0.717, 1.165) is 25.1 Å². The Bertz CT molecular complexity index is 413. The van der Waals surface area contributed by atoms with Crippen molar-refractivity contribution in [3.63, 3.8) is 0 Å². The highest BCUT2D eigenvalue weighted by atomic mass is 32.2. The molecule has 4 heteroatoms. The maximum Gasteiger partial charge on any atom is 0.0704 e. The molecule has 2 aliphatic rings. The number of ether oxygens (including phenoxy) is 1. The van der Waals surface area contributed by atoms with Gasteiger partial charge in [-0.2, -0.15) is 11.8 Å². The molecule has 1 atom stereocenters. The van der Waals surface area contributed by atoms with E-state index in [2.05, 4.69) is 4.98 Å². The molecule has 0 bridgehead atoms. The van der Waals surface area contributed by atoms with E-state index in [9.17, 15) is 0 Å². The minimum absolute atomic E-state index is 0.121. The molecule has 0 aromatic carbocycles. The number of thioether (sulfide) groups is 1. The summed E-state index contributed by atoms with van der Waals surface area (Å²) in [4.78, 5) is 4.23. The van der Waals surface area contributed by atoms with Crippen molar-refractivity contribution in [2.24, 2.45) is 0 Å². The van der Waals surface area contributed by atoms with Crippen molar-refractivity contribution in [2.45, 2.75) is 37.2 Å². The molecule has 18 heavy (non-hydrogen) atoms. The van der Waals surface area contributed by atoms with E-state index in [1.54, 1.807) is 6.20 Å². The number of nitrogens with zero attached hydrogens (tertiary/aromatic N) is 1. The van der Waals surface area contributed by atoms with Crippen LogP contribution in [0, 0.1) is 0 Å². The molecule has 3 nitrogen and oxygen atoms in total. The third-order valence-corrected chi connectivity index (χ3v) is 5.21. The molecule has 3 rings (SSSR count). The van der Waals surface area contributed by atoms with Crippen LogP contribution in [0.25, 0.3) is 0 Å². The van der Waals surface area contributed by atoms with Crippen molar-refractivity contribution < 1.29 is 4.74 Å². The van der Waals surface area contributed by atoms with Gasteiger partial charge >= 0.3 is 0 Å². The molecule has 3 heterocycles. The van der Waals surface area contributed by atoms with Crippen LogP contribution in [0.2, 0.25) is 0 Å². The monoisotopic (exact) mass is 264 g/mol. The first-order valence-electron chi connectivity index (χ1n) is 6.70. The summed E-state index contributed by atoms with van der Waals surface area (Å²) in [5.74, 6) is 2.99. The van der Waals surface area contributed by atoms with Crippen molar-refractivity contribution >= 4 is 17.4 Å². The summed E-state index contributed by atoms with van der Waals surface area (Å²) < 4.78 is 6.12. The molecule has 2 aliphatic heterocycles. The van der Waals surface area contributed by atoms with Gasteiger partial charge in [0.25, 0.3) is 0 Å². The second-order valence-corrected chi connectivity index (χ2v) is 6.56. The van der Waals surface area contributed by atoms with Crippen molar-refractivity contribution in [1.29, 1.82) is 0 Å². The van der Waals surface area contributed by atoms with Gasteiger partial charge in [-0.25, -0.2) is 0 Å². The van der Waals surface area contributed by atoms with Crippen LogP contribution in [0.3, 0.4) is 0 Å². The van der Waals surface area contributed by atoms with E-state index in [0.29, 0.717) is 5.92 Å². The molecule has 0 radical (unpaired) electrons. The topological polar surface area (TPSA) is 48.1 Å². The molecule has 0 saturated carbocycles. The number of anilines is 1. The summed E-state index contributed by atoms with van der Waals surface area (Å²) in [6.45, 7) is 0.865. The van der Waals surface area contributed by atoms with Crippen LogP contribution in [0.4, 0.5) is 5.69 Å². The smallest absolute Gasteiger partial charge is 0.0704 e. The lowest BCUT2D eigenvalue weighted by atomic mass is 9.79. The number of nitrogen functional groups attached to an aromatic ring is 1. The number of nitrogens with two attached hydrogens (primary N) is 1. The van der Waals surface area contributed by atoms with Gasteiger partial charge < -0.3 is 10.5 Å². The average molecular weight is 264 g/mol. The Kier molecular flexibility index (Phi) is 3.48. The van der Waals surface area contributed by atoms with Crippen molar-refractivity contribution in [2.75, 3.05) is 23.8 Å². The SMILES string of the molecule is Nc1ccncc1C1CCOC2(CCSCC2)C1.